The molecule has 3 aromatic rings. The Labute approximate surface area is 203 Å². The van der Waals surface area contributed by atoms with E-state index in [1.165, 1.54) is 79.9 Å². The summed E-state index contributed by atoms with van der Waals surface area (Å²) >= 11 is 0. The highest BCUT2D eigenvalue weighted by Crippen LogP contribution is 2.55. The molecule has 0 radical (unpaired) electrons. The number of hydrogen-bond acceptors (Lipinski definition) is 0. The van der Waals surface area contributed by atoms with Crippen molar-refractivity contribution in [3.8, 4) is 0 Å². The second-order valence-corrected chi connectivity index (χ2v) is 12.7. The number of rotatable bonds is 15. The van der Waals surface area contributed by atoms with Gasteiger partial charge < -0.3 is 0 Å². The lowest BCUT2D eigenvalue weighted by molar-refractivity contribution is 0.577. The monoisotopic (exact) mass is 457 g/mol. The maximum absolute atomic E-state index is 2.45. The third-order valence-electron chi connectivity index (χ3n) is 6.61. The standard InChI is InChI=1S/C32H42P/c1-2-3-4-5-6-7-8-9-10-11-12-22-29-33(30-23-16-13-17-24-30,31-25-18-14-19-26-31)32-27-20-15-21-28-32/h11-21,23-28H,2-10,22,29H2,1H3/q+1/b12-11-. The highest BCUT2D eigenvalue weighted by molar-refractivity contribution is 7.95. The molecule has 0 fully saturated rings. The zero-order valence-electron chi connectivity index (χ0n) is 20.5. The molecule has 3 aromatic carbocycles. The molecule has 3 rings (SSSR count). The molecule has 0 heterocycles. The molecule has 0 atom stereocenters. The van der Waals surface area contributed by atoms with Crippen molar-refractivity contribution < 1.29 is 0 Å². The summed E-state index contributed by atoms with van der Waals surface area (Å²) in [6, 6.07) is 33.7. The fourth-order valence-electron chi connectivity index (χ4n) is 4.78. The third-order valence-corrected chi connectivity index (χ3v) is 11.1. The van der Waals surface area contributed by atoms with Crippen molar-refractivity contribution in [2.45, 2.75) is 71.1 Å². The summed E-state index contributed by atoms with van der Waals surface area (Å²) in [6.07, 6.45) is 19.5. The zero-order valence-corrected chi connectivity index (χ0v) is 21.4. The summed E-state index contributed by atoms with van der Waals surface area (Å²) in [4.78, 5) is 0. The first-order valence-electron chi connectivity index (χ1n) is 13.1. The van der Waals surface area contributed by atoms with Crippen LogP contribution in [0, 0.1) is 0 Å². The molecule has 174 valence electrons. The minimum absolute atomic E-state index is 1.13. The summed E-state index contributed by atoms with van der Waals surface area (Å²) in [5.41, 5.74) is 0. The lowest BCUT2D eigenvalue weighted by Crippen LogP contribution is -2.33. The molecule has 0 saturated carbocycles. The summed E-state index contributed by atoms with van der Waals surface area (Å²) in [6.45, 7) is 2.29. The molecule has 1 heteroatoms. The summed E-state index contributed by atoms with van der Waals surface area (Å²) < 4.78 is 0. The third kappa shape index (κ3) is 7.68. The van der Waals surface area contributed by atoms with Crippen molar-refractivity contribution in [3.05, 3.63) is 103 Å². The van der Waals surface area contributed by atoms with Crippen LogP contribution in [-0.4, -0.2) is 6.16 Å². The van der Waals surface area contributed by atoms with E-state index >= 15 is 0 Å². The van der Waals surface area contributed by atoms with Gasteiger partial charge in [0.05, 0.1) is 6.16 Å². The van der Waals surface area contributed by atoms with E-state index in [1.807, 2.05) is 0 Å². The highest BCUT2D eigenvalue weighted by atomic mass is 31.2. The summed E-state index contributed by atoms with van der Waals surface area (Å²) in [5.74, 6) is 0. The summed E-state index contributed by atoms with van der Waals surface area (Å²) in [5, 5.41) is 4.46. The average Bonchev–Trinajstić information content (AvgIpc) is 2.89. The molecule has 0 bridgehead atoms. The normalized spacial score (nSPS) is 11.8. The van der Waals surface area contributed by atoms with E-state index in [0.717, 1.165) is 6.42 Å². The molecule has 33 heavy (non-hydrogen) atoms. The quantitative estimate of drug-likeness (QED) is 0.122. The Bertz CT molecular complexity index is 802. The first-order valence-corrected chi connectivity index (χ1v) is 15.1. The molecule has 0 amide bonds. The fourth-order valence-corrected chi connectivity index (χ4v) is 9.03. The zero-order chi connectivity index (χ0) is 23.0. The van der Waals surface area contributed by atoms with E-state index in [2.05, 4.69) is 110 Å². The van der Waals surface area contributed by atoms with Gasteiger partial charge in [0, 0.05) is 6.42 Å². The van der Waals surface area contributed by atoms with Gasteiger partial charge in [-0.1, -0.05) is 119 Å². The first kappa shape index (κ1) is 25.5. The SMILES string of the molecule is CCCCCCCCCC/C=C\CC[P+](c1ccccc1)(c1ccccc1)c1ccccc1. The number of benzene rings is 3. The van der Waals surface area contributed by atoms with Gasteiger partial charge >= 0.3 is 0 Å². The van der Waals surface area contributed by atoms with Gasteiger partial charge in [0.25, 0.3) is 0 Å². The second-order valence-electron chi connectivity index (χ2n) is 9.06. The van der Waals surface area contributed by atoms with Crippen LogP contribution >= 0.6 is 7.26 Å². The van der Waals surface area contributed by atoms with Gasteiger partial charge in [-0.2, -0.15) is 0 Å². The van der Waals surface area contributed by atoms with E-state index in [-0.39, 0.29) is 0 Å². The maximum Gasteiger partial charge on any atom is 0.112 e. The van der Waals surface area contributed by atoms with Crippen LogP contribution in [0.2, 0.25) is 0 Å². The molecule has 0 N–H and O–H groups in total. The van der Waals surface area contributed by atoms with Crippen LogP contribution in [0.3, 0.4) is 0 Å². The Morgan fingerprint density at radius 2 is 0.879 bits per heavy atom. The lowest BCUT2D eigenvalue weighted by Gasteiger charge is -2.27. The van der Waals surface area contributed by atoms with Gasteiger partial charge in [-0.15, -0.1) is 0 Å². The van der Waals surface area contributed by atoms with Crippen LogP contribution in [0.1, 0.15) is 71.1 Å². The molecular weight excluding hydrogens is 415 g/mol. The molecule has 0 aliphatic carbocycles. The number of allylic oxidation sites excluding steroid dienone is 2. The molecule has 0 unspecified atom stereocenters. The topological polar surface area (TPSA) is 0 Å². The Kier molecular flexibility index (Phi) is 11.5. The highest BCUT2D eigenvalue weighted by Gasteiger charge is 2.44. The first-order chi connectivity index (χ1) is 16.4. The van der Waals surface area contributed by atoms with E-state index in [4.69, 9.17) is 0 Å². The van der Waals surface area contributed by atoms with E-state index in [0.29, 0.717) is 0 Å². The molecule has 0 aromatic heterocycles. The van der Waals surface area contributed by atoms with Crippen LogP contribution < -0.4 is 15.9 Å². The van der Waals surface area contributed by atoms with Gasteiger partial charge in [-0.3, -0.25) is 0 Å². The van der Waals surface area contributed by atoms with E-state index in [9.17, 15) is 0 Å². The second kappa shape index (κ2) is 14.9. The van der Waals surface area contributed by atoms with Crippen LogP contribution in [-0.2, 0) is 0 Å². The summed E-state index contributed by atoms with van der Waals surface area (Å²) in [7, 11) is -1.68. The van der Waals surface area contributed by atoms with Crippen molar-refractivity contribution in [1.82, 2.24) is 0 Å². The van der Waals surface area contributed by atoms with Crippen LogP contribution in [0.25, 0.3) is 0 Å². The molecule has 0 aliphatic rings. The minimum Gasteiger partial charge on any atom is -0.0884 e. The molecule has 0 nitrogen and oxygen atoms in total. The van der Waals surface area contributed by atoms with Crippen molar-refractivity contribution in [1.29, 1.82) is 0 Å². The Hall–Kier alpha value is -2.17. The van der Waals surface area contributed by atoms with E-state index in [1.54, 1.807) is 0 Å². The Morgan fingerprint density at radius 1 is 0.485 bits per heavy atom. The van der Waals surface area contributed by atoms with Crippen LogP contribution in [0.5, 0.6) is 0 Å². The maximum atomic E-state index is 2.45. The smallest absolute Gasteiger partial charge is 0.0884 e. The van der Waals surface area contributed by atoms with Crippen molar-refractivity contribution in [2.24, 2.45) is 0 Å². The fraction of sp³-hybridized carbons (Fsp3) is 0.375. The van der Waals surface area contributed by atoms with Crippen molar-refractivity contribution in [2.75, 3.05) is 6.16 Å². The minimum atomic E-state index is -1.68. The number of hydrogen-bond donors (Lipinski definition) is 0. The Morgan fingerprint density at radius 3 is 1.33 bits per heavy atom. The molecular formula is C32H42P+. The van der Waals surface area contributed by atoms with Gasteiger partial charge in [0.15, 0.2) is 0 Å². The van der Waals surface area contributed by atoms with Crippen molar-refractivity contribution in [3.63, 3.8) is 0 Å². The molecule has 0 spiro atoms. The van der Waals surface area contributed by atoms with Crippen molar-refractivity contribution >= 4 is 23.2 Å². The number of unbranched alkanes of at least 4 members (excludes halogenated alkanes) is 8. The van der Waals surface area contributed by atoms with Gasteiger partial charge in [-0.25, -0.2) is 0 Å². The van der Waals surface area contributed by atoms with Crippen LogP contribution in [0.15, 0.2) is 103 Å². The Balaban J connectivity index is 1.65. The molecule has 0 saturated heterocycles. The van der Waals surface area contributed by atoms with E-state index < -0.39 is 7.26 Å². The van der Waals surface area contributed by atoms with Gasteiger partial charge in [-0.05, 0) is 49.2 Å². The predicted molar refractivity (Wildman–Crippen MR) is 151 cm³/mol. The molecule has 0 aliphatic heterocycles. The van der Waals surface area contributed by atoms with Gasteiger partial charge in [0.1, 0.15) is 23.2 Å². The predicted octanol–water partition coefficient (Wildman–Crippen LogP) is 8.46. The van der Waals surface area contributed by atoms with Gasteiger partial charge in [0.2, 0.25) is 0 Å². The van der Waals surface area contributed by atoms with Crippen LogP contribution in [0.4, 0.5) is 0 Å². The lowest BCUT2D eigenvalue weighted by atomic mass is 10.1. The average molecular weight is 458 g/mol. The largest absolute Gasteiger partial charge is 0.112 e.